The molecule has 0 aromatic rings. The first kappa shape index (κ1) is 17.4. The van der Waals surface area contributed by atoms with Gasteiger partial charge in [0.05, 0.1) is 13.2 Å². The van der Waals surface area contributed by atoms with E-state index < -0.39 is 0 Å². The van der Waals surface area contributed by atoms with Gasteiger partial charge in [-0.3, -0.25) is 4.79 Å². The van der Waals surface area contributed by atoms with Crippen molar-refractivity contribution in [3.8, 4) is 0 Å². The number of carbonyl (C=O) groups excluding carboxylic acids is 1. The van der Waals surface area contributed by atoms with E-state index in [-0.39, 0.29) is 5.78 Å². The van der Waals surface area contributed by atoms with Crippen LogP contribution in [0.5, 0.6) is 0 Å². The van der Waals surface area contributed by atoms with Gasteiger partial charge in [-0.1, -0.05) is 21.6 Å². The van der Waals surface area contributed by atoms with E-state index in [2.05, 4.69) is 10.2 Å². The molecule has 0 N–H and O–H groups in total. The monoisotopic (exact) mass is 290 g/mol. The van der Waals surface area contributed by atoms with Crippen molar-refractivity contribution in [2.24, 2.45) is 5.10 Å². The van der Waals surface area contributed by atoms with Gasteiger partial charge in [-0.15, -0.1) is 0 Å². The molecule has 0 aromatic heterocycles. The Morgan fingerprint density at radius 1 is 1.22 bits per heavy atom. The summed E-state index contributed by atoms with van der Waals surface area (Å²) in [6, 6.07) is 0. The zero-order valence-electron chi connectivity index (χ0n) is 10.9. The maximum absolute atomic E-state index is 10.6. The minimum Gasteiger partial charge on any atom is -0.380 e. The van der Waals surface area contributed by atoms with E-state index in [1.807, 2.05) is 6.92 Å². The van der Waals surface area contributed by atoms with Crippen molar-refractivity contribution in [1.29, 1.82) is 5.39 Å². The Hall–Kier alpha value is -0.580. The van der Waals surface area contributed by atoms with Crippen molar-refractivity contribution in [2.45, 2.75) is 33.1 Å². The lowest BCUT2D eigenvalue weighted by molar-refractivity contribution is -0.118. The van der Waals surface area contributed by atoms with Crippen molar-refractivity contribution in [1.82, 2.24) is 0 Å². The molecule has 0 saturated heterocycles. The van der Waals surface area contributed by atoms with Gasteiger partial charge in [0.25, 0.3) is 5.39 Å². The lowest BCUT2D eigenvalue weighted by Gasteiger charge is -2.02. The van der Waals surface area contributed by atoms with Crippen LogP contribution in [0.15, 0.2) is 5.10 Å². The average molecular weight is 290 g/mol. The highest BCUT2D eigenvalue weighted by atomic mass is 33.1. The van der Waals surface area contributed by atoms with Crippen molar-refractivity contribution in [2.75, 3.05) is 24.7 Å². The van der Waals surface area contributed by atoms with Crippen LogP contribution in [-0.2, 0) is 9.53 Å². The van der Waals surface area contributed by atoms with Crippen LogP contribution in [0.3, 0.4) is 0 Å². The van der Waals surface area contributed by atoms with Crippen LogP contribution in [-0.4, -0.2) is 36.2 Å². The van der Waals surface area contributed by atoms with Crippen molar-refractivity contribution in [3.63, 3.8) is 0 Å². The van der Waals surface area contributed by atoms with Crippen molar-refractivity contribution < 1.29 is 9.53 Å². The molecule has 0 unspecified atom stereocenters. The van der Waals surface area contributed by atoms with Gasteiger partial charge in [0.15, 0.2) is 5.10 Å². The van der Waals surface area contributed by atoms with Gasteiger partial charge >= 0.3 is 5.08 Å². The number of hydrogen-bond acceptors (Lipinski definition) is 6. The molecule has 0 aliphatic rings. The summed E-state index contributed by atoms with van der Waals surface area (Å²) >= 11 is 0. The van der Waals surface area contributed by atoms with Gasteiger partial charge in [-0.25, -0.2) is 0 Å². The molecule has 102 valence electrons. The first-order chi connectivity index (χ1) is 8.66. The summed E-state index contributed by atoms with van der Waals surface area (Å²) < 4.78 is 5.31. The molecule has 18 heavy (non-hydrogen) atoms. The number of nitrogens with zero attached hydrogens (tertiary/aromatic N) is 3. The number of ether oxygens (including phenoxy) is 1. The Bertz CT molecular complexity index is 303. The second-order valence-corrected chi connectivity index (χ2v) is 6.44. The van der Waals surface area contributed by atoms with Crippen LogP contribution in [0.25, 0.3) is 5.08 Å². The molecule has 5 nitrogen and oxygen atoms in total. The fourth-order valence-corrected chi connectivity index (χ4v) is 2.99. The molecular weight excluding hydrogens is 270 g/mol. The molecule has 0 radical (unpaired) electrons. The molecule has 0 rings (SSSR count). The predicted octanol–water partition coefficient (Wildman–Crippen LogP) is 3.37. The zero-order chi connectivity index (χ0) is 13.6. The number of hydrogen-bond donors (Lipinski definition) is 0. The summed E-state index contributed by atoms with van der Waals surface area (Å²) in [7, 11) is 3.57. The van der Waals surface area contributed by atoms with Gasteiger partial charge < -0.3 is 4.74 Å². The number of carbonyl (C=O) groups is 1. The molecule has 0 spiro atoms. The Morgan fingerprint density at radius 3 is 2.61 bits per heavy atom. The molecule has 0 aliphatic carbocycles. The highest BCUT2D eigenvalue weighted by molar-refractivity contribution is 8.76. The van der Waals surface area contributed by atoms with Gasteiger partial charge in [-0.2, -0.15) is 0 Å². The second-order valence-electron chi connectivity index (χ2n) is 3.74. The molecule has 0 heterocycles. The lowest BCUT2D eigenvalue weighted by atomic mass is 10.2. The third-order valence-corrected chi connectivity index (χ3v) is 4.43. The molecule has 0 fully saturated rings. The van der Waals surface area contributed by atoms with Crippen LogP contribution < -0.4 is 0 Å². The third-order valence-electron chi connectivity index (χ3n) is 1.97. The smallest absolute Gasteiger partial charge is 0.338 e. The van der Waals surface area contributed by atoms with Crippen LogP contribution in [0.4, 0.5) is 0 Å². The Balaban J connectivity index is 3.15. The Morgan fingerprint density at radius 2 is 1.94 bits per heavy atom. The molecule has 0 atom stereocenters. The van der Waals surface area contributed by atoms with Crippen LogP contribution >= 0.6 is 21.6 Å². The maximum atomic E-state index is 10.6. The number of diazo groups is 1. The SMILES string of the molecule is CC(=O)CCOCCSSCCC/C(C)=N/[N+]#N. The lowest BCUT2D eigenvalue weighted by Crippen LogP contribution is -2.02. The normalized spacial score (nSPS) is 11.3. The van der Waals surface area contributed by atoms with Crippen molar-refractivity contribution in [3.05, 3.63) is 5.08 Å². The predicted molar refractivity (Wildman–Crippen MR) is 78.5 cm³/mol. The molecule has 0 aliphatic heterocycles. The van der Waals surface area contributed by atoms with Crippen LogP contribution in [0.1, 0.15) is 33.1 Å². The van der Waals surface area contributed by atoms with E-state index in [0.29, 0.717) is 19.6 Å². The third kappa shape index (κ3) is 13.5. The van der Waals surface area contributed by atoms with E-state index in [0.717, 1.165) is 30.1 Å². The number of rotatable bonds is 11. The first-order valence-corrected chi connectivity index (χ1v) is 8.34. The molecule has 0 aromatic carbocycles. The maximum Gasteiger partial charge on any atom is 0.338 e. The standard InChI is InChI=1S/C11H20N3O2S2/c1-10(13-14-12)4-3-8-17-18-9-7-16-6-5-11(2)15/h3-9H2,1-2H3/q+1/b13-10+. The second kappa shape index (κ2) is 12.9. The van der Waals surface area contributed by atoms with Gasteiger partial charge in [0.1, 0.15) is 11.5 Å². The van der Waals surface area contributed by atoms with Gasteiger partial charge in [-0.05, 0) is 26.7 Å². The highest BCUT2D eigenvalue weighted by Gasteiger charge is 1.98. The van der Waals surface area contributed by atoms with E-state index in [1.54, 1.807) is 28.5 Å². The molecule has 0 bridgehead atoms. The zero-order valence-corrected chi connectivity index (χ0v) is 12.6. The summed E-state index contributed by atoms with van der Waals surface area (Å²) in [5, 5.41) is 14.5. The fraction of sp³-hybridized carbons (Fsp3) is 0.818. The minimum absolute atomic E-state index is 0.170. The van der Waals surface area contributed by atoms with Crippen LogP contribution in [0.2, 0.25) is 0 Å². The number of Topliss-reactive ketones (excluding diaryl/α,β-unsaturated/α-hetero) is 1. The first-order valence-electron chi connectivity index (χ1n) is 5.86. The van der Waals surface area contributed by atoms with E-state index in [9.17, 15) is 4.79 Å². The Kier molecular flexibility index (Phi) is 12.5. The van der Waals surface area contributed by atoms with Gasteiger partial charge in [0.2, 0.25) is 0 Å². The molecular formula is C11H20N3O2S2+. The number of ketones is 1. The van der Waals surface area contributed by atoms with E-state index >= 15 is 0 Å². The summed E-state index contributed by atoms with van der Waals surface area (Å²) in [6.45, 7) is 4.64. The minimum atomic E-state index is 0.170. The quantitative estimate of drug-likeness (QED) is 0.192. The Labute approximate surface area is 116 Å². The van der Waals surface area contributed by atoms with Gasteiger partial charge in [0, 0.05) is 17.9 Å². The van der Waals surface area contributed by atoms with E-state index in [4.69, 9.17) is 10.1 Å². The average Bonchev–Trinajstić information content (AvgIpc) is 2.31. The van der Waals surface area contributed by atoms with Crippen LogP contribution in [0, 0.1) is 5.39 Å². The fourth-order valence-electron chi connectivity index (χ4n) is 1.04. The summed E-state index contributed by atoms with van der Waals surface area (Å²) in [4.78, 5) is 10.6. The topological polar surface area (TPSA) is 66.8 Å². The van der Waals surface area contributed by atoms with E-state index in [1.165, 1.54) is 0 Å². The largest absolute Gasteiger partial charge is 0.380 e. The summed E-state index contributed by atoms with van der Waals surface area (Å²) in [6.07, 6.45) is 2.38. The molecule has 0 saturated carbocycles. The molecule has 7 heteroatoms. The molecule has 0 amide bonds. The highest BCUT2D eigenvalue weighted by Crippen LogP contribution is 2.22. The van der Waals surface area contributed by atoms with Crippen molar-refractivity contribution >= 4 is 33.1 Å². The summed E-state index contributed by atoms with van der Waals surface area (Å²) in [5.74, 6) is 2.14. The summed E-state index contributed by atoms with van der Waals surface area (Å²) in [5.41, 5.74) is 0.843.